The average molecular weight is 381 g/mol. The number of aromatic nitrogens is 2. The lowest BCUT2D eigenvalue weighted by Crippen LogP contribution is -2.30. The molecular formula is C21H23N3O4. The normalized spacial score (nSPS) is 10.5. The average Bonchev–Trinajstić information content (AvgIpc) is 3.21. The highest BCUT2D eigenvalue weighted by Crippen LogP contribution is 2.19. The summed E-state index contributed by atoms with van der Waals surface area (Å²) in [5.41, 5.74) is 2.06. The zero-order chi connectivity index (χ0) is 19.8. The predicted octanol–water partition coefficient (Wildman–Crippen LogP) is 3.05. The number of nitrogens with zero attached hydrogens (tertiary/aromatic N) is 2. The lowest BCUT2D eigenvalue weighted by atomic mass is 10.2. The van der Waals surface area contributed by atoms with E-state index in [9.17, 15) is 4.79 Å². The van der Waals surface area contributed by atoms with Gasteiger partial charge in [-0.15, -0.1) is 0 Å². The fraction of sp³-hybridized carbons (Fsp3) is 0.286. The summed E-state index contributed by atoms with van der Waals surface area (Å²) in [5.74, 6) is 2.20. The highest BCUT2D eigenvalue weighted by Gasteiger charge is 2.10. The Morgan fingerprint density at radius 2 is 1.79 bits per heavy atom. The maximum absolute atomic E-state index is 11.9. The molecule has 0 aliphatic heterocycles. The van der Waals surface area contributed by atoms with E-state index < -0.39 is 0 Å². The molecule has 0 radical (unpaired) electrons. The Kier molecular flexibility index (Phi) is 6.62. The molecule has 3 aromatic rings. The maximum Gasteiger partial charge on any atom is 0.257 e. The zero-order valence-corrected chi connectivity index (χ0v) is 16.0. The van der Waals surface area contributed by atoms with E-state index in [1.54, 1.807) is 7.11 Å². The molecule has 1 heterocycles. The number of methoxy groups -OCH3 is 1. The SMILES string of the molecule is CCc1ccc(OCC(=O)NCCc2nc(-c3ccc(OC)cc3)no2)cc1. The fourth-order valence-corrected chi connectivity index (χ4v) is 2.54. The van der Waals surface area contributed by atoms with Gasteiger partial charge in [0.2, 0.25) is 11.7 Å². The van der Waals surface area contributed by atoms with Crippen molar-refractivity contribution in [2.75, 3.05) is 20.3 Å². The molecule has 0 atom stereocenters. The van der Waals surface area contributed by atoms with Crippen molar-refractivity contribution in [1.29, 1.82) is 0 Å². The number of hydrogen-bond acceptors (Lipinski definition) is 6. The van der Waals surface area contributed by atoms with Crippen molar-refractivity contribution in [2.24, 2.45) is 0 Å². The molecule has 146 valence electrons. The van der Waals surface area contributed by atoms with Gasteiger partial charge in [0.25, 0.3) is 5.91 Å². The van der Waals surface area contributed by atoms with Crippen LogP contribution in [-0.2, 0) is 17.6 Å². The summed E-state index contributed by atoms with van der Waals surface area (Å²) in [5, 5.41) is 6.75. The molecule has 0 unspecified atom stereocenters. The van der Waals surface area contributed by atoms with Gasteiger partial charge in [0.15, 0.2) is 6.61 Å². The summed E-state index contributed by atoms with van der Waals surface area (Å²) in [6.07, 6.45) is 1.41. The summed E-state index contributed by atoms with van der Waals surface area (Å²) in [6.45, 7) is 2.44. The third-order valence-electron chi connectivity index (χ3n) is 4.18. The van der Waals surface area contributed by atoms with Crippen LogP contribution in [0.4, 0.5) is 0 Å². The topological polar surface area (TPSA) is 86.5 Å². The number of hydrogen-bond donors (Lipinski definition) is 1. The summed E-state index contributed by atoms with van der Waals surface area (Å²) in [7, 11) is 1.61. The molecule has 0 fully saturated rings. The molecule has 0 saturated heterocycles. The highest BCUT2D eigenvalue weighted by molar-refractivity contribution is 5.77. The Balaban J connectivity index is 1.41. The predicted molar refractivity (Wildman–Crippen MR) is 104 cm³/mol. The zero-order valence-electron chi connectivity index (χ0n) is 16.0. The number of benzene rings is 2. The van der Waals surface area contributed by atoms with Gasteiger partial charge in [-0.25, -0.2) is 0 Å². The molecule has 7 nitrogen and oxygen atoms in total. The first-order valence-electron chi connectivity index (χ1n) is 9.13. The van der Waals surface area contributed by atoms with Crippen molar-refractivity contribution >= 4 is 5.91 Å². The minimum atomic E-state index is -0.200. The van der Waals surface area contributed by atoms with Crippen LogP contribution in [0, 0.1) is 0 Å². The molecule has 0 aliphatic carbocycles. The van der Waals surface area contributed by atoms with Crippen molar-refractivity contribution in [3.63, 3.8) is 0 Å². The van der Waals surface area contributed by atoms with Crippen LogP contribution in [0.5, 0.6) is 11.5 Å². The number of carbonyl (C=O) groups excluding carboxylic acids is 1. The summed E-state index contributed by atoms with van der Waals surface area (Å²) in [6, 6.07) is 15.1. The lowest BCUT2D eigenvalue weighted by Gasteiger charge is -2.07. The molecule has 1 amide bonds. The van der Waals surface area contributed by atoms with Crippen LogP contribution < -0.4 is 14.8 Å². The van der Waals surface area contributed by atoms with Crippen molar-refractivity contribution in [3.05, 3.63) is 60.0 Å². The van der Waals surface area contributed by atoms with Crippen LogP contribution in [0.2, 0.25) is 0 Å². The van der Waals surface area contributed by atoms with Crippen LogP contribution in [0.1, 0.15) is 18.4 Å². The number of aryl methyl sites for hydroxylation is 1. The van der Waals surface area contributed by atoms with Gasteiger partial charge in [-0.2, -0.15) is 4.98 Å². The van der Waals surface area contributed by atoms with Crippen molar-refractivity contribution in [1.82, 2.24) is 15.5 Å². The number of rotatable bonds is 9. The summed E-state index contributed by atoms with van der Waals surface area (Å²) < 4.78 is 15.8. The number of ether oxygens (including phenoxy) is 2. The van der Waals surface area contributed by atoms with E-state index in [0.717, 1.165) is 17.7 Å². The van der Waals surface area contributed by atoms with E-state index in [4.69, 9.17) is 14.0 Å². The Bertz CT molecular complexity index is 889. The summed E-state index contributed by atoms with van der Waals surface area (Å²) in [4.78, 5) is 16.2. The lowest BCUT2D eigenvalue weighted by molar-refractivity contribution is -0.123. The molecule has 3 rings (SSSR count). The van der Waals surface area contributed by atoms with E-state index in [-0.39, 0.29) is 12.5 Å². The highest BCUT2D eigenvalue weighted by atomic mass is 16.5. The third-order valence-corrected chi connectivity index (χ3v) is 4.18. The van der Waals surface area contributed by atoms with Gasteiger partial charge in [0.05, 0.1) is 7.11 Å². The van der Waals surface area contributed by atoms with E-state index in [0.29, 0.717) is 30.4 Å². The van der Waals surface area contributed by atoms with Crippen LogP contribution >= 0.6 is 0 Å². The Hall–Kier alpha value is -3.35. The molecule has 1 aromatic heterocycles. The standard InChI is InChI=1S/C21H23N3O4/c1-3-15-4-8-18(9-5-15)27-14-19(25)22-13-12-20-23-21(24-28-20)16-6-10-17(26-2)11-7-16/h4-11H,3,12-14H2,1-2H3,(H,22,25). The molecular weight excluding hydrogens is 358 g/mol. The van der Waals surface area contributed by atoms with E-state index in [1.165, 1.54) is 5.56 Å². The van der Waals surface area contributed by atoms with Gasteiger partial charge in [-0.1, -0.05) is 24.2 Å². The first-order valence-corrected chi connectivity index (χ1v) is 9.13. The van der Waals surface area contributed by atoms with Crippen molar-refractivity contribution in [3.8, 4) is 22.9 Å². The van der Waals surface area contributed by atoms with Gasteiger partial charge in [-0.3, -0.25) is 4.79 Å². The van der Waals surface area contributed by atoms with E-state index >= 15 is 0 Å². The number of amides is 1. The molecule has 1 N–H and O–H groups in total. The quantitative estimate of drug-likeness (QED) is 0.613. The Labute approximate surface area is 163 Å². The first-order chi connectivity index (χ1) is 13.7. The second kappa shape index (κ2) is 9.55. The van der Waals surface area contributed by atoms with Crippen LogP contribution in [0.3, 0.4) is 0 Å². The molecule has 0 bridgehead atoms. The molecule has 28 heavy (non-hydrogen) atoms. The van der Waals surface area contributed by atoms with Crippen LogP contribution in [0.25, 0.3) is 11.4 Å². The van der Waals surface area contributed by atoms with Gasteiger partial charge < -0.3 is 19.3 Å². The third kappa shape index (κ3) is 5.33. The minimum absolute atomic E-state index is 0.0353. The minimum Gasteiger partial charge on any atom is -0.497 e. The van der Waals surface area contributed by atoms with E-state index in [1.807, 2.05) is 48.5 Å². The fourth-order valence-electron chi connectivity index (χ4n) is 2.54. The van der Waals surface area contributed by atoms with Gasteiger partial charge >= 0.3 is 0 Å². The van der Waals surface area contributed by atoms with Crippen molar-refractivity contribution < 1.29 is 18.8 Å². The second-order valence-electron chi connectivity index (χ2n) is 6.13. The Morgan fingerprint density at radius 1 is 1.07 bits per heavy atom. The van der Waals surface area contributed by atoms with Crippen LogP contribution in [-0.4, -0.2) is 36.3 Å². The smallest absolute Gasteiger partial charge is 0.257 e. The second-order valence-corrected chi connectivity index (χ2v) is 6.13. The number of nitrogens with one attached hydrogen (secondary N) is 1. The van der Waals surface area contributed by atoms with E-state index in [2.05, 4.69) is 22.4 Å². The molecule has 0 aliphatic rings. The summed E-state index contributed by atoms with van der Waals surface area (Å²) >= 11 is 0. The maximum atomic E-state index is 11.9. The van der Waals surface area contributed by atoms with Gasteiger partial charge in [0.1, 0.15) is 11.5 Å². The van der Waals surface area contributed by atoms with Gasteiger partial charge in [0, 0.05) is 18.5 Å². The Morgan fingerprint density at radius 3 is 2.46 bits per heavy atom. The van der Waals surface area contributed by atoms with Crippen molar-refractivity contribution in [2.45, 2.75) is 19.8 Å². The van der Waals surface area contributed by atoms with Gasteiger partial charge in [-0.05, 0) is 48.4 Å². The first kappa shape index (κ1) is 19.4. The monoisotopic (exact) mass is 381 g/mol. The molecule has 0 saturated carbocycles. The largest absolute Gasteiger partial charge is 0.497 e. The molecule has 7 heteroatoms. The van der Waals surface area contributed by atoms with Crippen LogP contribution in [0.15, 0.2) is 53.1 Å². The number of carbonyl (C=O) groups is 1. The molecule has 0 spiro atoms. The molecule has 2 aromatic carbocycles.